The summed E-state index contributed by atoms with van der Waals surface area (Å²) in [5, 5.41) is 11.6. The Balaban J connectivity index is 2.08. The maximum absolute atomic E-state index is 12.2. The van der Waals surface area contributed by atoms with Crippen molar-refractivity contribution in [2.45, 2.75) is 13.3 Å². The third kappa shape index (κ3) is 3.19. The third-order valence-electron chi connectivity index (χ3n) is 3.01. The third-order valence-corrected chi connectivity index (χ3v) is 3.01. The smallest absolute Gasteiger partial charge is 0.294 e. The summed E-state index contributed by atoms with van der Waals surface area (Å²) in [5.41, 5.74) is 0.867. The Morgan fingerprint density at radius 3 is 2.64 bits per heavy atom. The standard InChI is InChI=1S/C13H13N3O6/c1-8(17)14-9-3-4-10-11(7-9)13(19)15(12(10)18)5-2-6-22-16(20)21/h3-4,7H,2,5-6H2,1H3,(H,14,17). The molecule has 0 aliphatic carbocycles. The number of hydrogen-bond acceptors (Lipinski definition) is 6. The second-order valence-corrected chi connectivity index (χ2v) is 4.61. The van der Waals surface area contributed by atoms with Gasteiger partial charge in [-0.2, -0.15) is 0 Å². The van der Waals surface area contributed by atoms with Crippen LogP contribution in [0, 0.1) is 10.1 Å². The fourth-order valence-corrected chi connectivity index (χ4v) is 2.14. The molecule has 9 heteroatoms. The average molecular weight is 307 g/mol. The number of nitrogens with one attached hydrogen (secondary N) is 1. The lowest BCUT2D eigenvalue weighted by molar-refractivity contribution is -0.757. The summed E-state index contributed by atoms with van der Waals surface area (Å²) >= 11 is 0. The van der Waals surface area contributed by atoms with Crippen LogP contribution in [0.5, 0.6) is 0 Å². The van der Waals surface area contributed by atoms with Gasteiger partial charge in [-0.1, -0.05) is 0 Å². The molecular formula is C13H13N3O6. The summed E-state index contributed by atoms with van der Waals surface area (Å²) in [4.78, 5) is 50.5. The first kappa shape index (κ1) is 15.4. The van der Waals surface area contributed by atoms with E-state index in [4.69, 9.17) is 0 Å². The molecule has 0 spiro atoms. The highest BCUT2D eigenvalue weighted by Gasteiger charge is 2.35. The summed E-state index contributed by atoms with van der Waals surface area (Å²) in [7, 11) is 0. The minimum atomic E-state index is -0.928. The van der Waals surface area contributed by atoms with Crippen LogP contribution < -0.4 is 5.32 Å². The highest BCUT2D eigenvalue weighted by Crippen LogP contribution is 2.26. The van der Waals surface area contributed by atoms with Crippen molar-refractivity contribution < 1.29 is 24.3 Å². The van der Waals surface area contributed by atoms with Gasteiger partial charge in [0.2, 0.25) is 5.91 Å². The highest BCUT2D eigenvalue weighted by atomic mass is 16.9. The van der Waals surface area contributed by atoms with Crippen LogP contribution in [0.1, 0.15) is 34.1 Å². The molecule has 0 saturated carbocycles. The molecule has 1 aliphatic rings. The monoisotopic (exact) mass is 307 g/mol. The molecule has 0 atom stereocenters. The molecule has 0 radical (unpaired) electrons. The predicted octanol–water partition coefficient (Wildman–Crippen LogP) is 0.839. The highest BCUT2D eigenvalue weighted by molar-refractivity contribution is 6.21. The molecular weight excluding hydrogens is 294 g/mol. The largest absolute Gasteiger partial charge is 0.326 e. The molecule has 0 bridgehead atoms. The van der Waals surface area contributed by atoms with Crippen LogP contribution in [0.25, 0.3) is 0 Å². The van der Waals surface area contributed by atoms with Gasteiger partial charge in [0.15, 0.2) is 0 Å². The summed E-state index contributed by atoms with van der Waals surface area (Å²) in [6.45, 7) is 1.16. The van der Waals surface area contributed by atoms with Gasteiger partial charge in [0, 0.05) is 19.2 Å². The van der Waals surface area contributed by atoms with Crippen LogP contribution in [0.4, 0.5) is 5.69 Å². The lowest BCUT2D eigenvalue weighted by Crippen LogP contribution is -2.31. The maximum atomic E-state index is 12.2. The second kappa shape index (κ2) is 6.20. The number of imide groups is 1. The number of hydrogen-bond donors (Lipinski definition) is 1. The maximum Gasteiger partial charge on any atom is 0.294 e. The van der Waals surface area contributed by atoms with Gasteiger partial charge in [-0.05, 0) is 24.6 Å². The first-order valence-corrected chi connectivity index (χ1v) is 6.45. The number of nitrogens with zero attached hydrogens (tertiary/aromatic N) is 2. The van der Waals surface area contributed by atoms with E-state index < -0.39 is 16.9 Å². The molecule has 1 aromatic carbocycles. The van der Waals surface area contributed by atoms with Gasteiger partial charge < -0.3 is 10.2 Å². The molecule has 0 aromatic heterocycles. The van der Waals surface area contributed by atoms with E-state index in [9.17, 15) is 24.5 Å². The summed E-state index contributed by atoms with van der Waals surface area (Å²) in [5.74, 6) is -1.24. The molecule has 1 heterocycles. The van der Waals surface area contributed by atoms with Crippen molar-refractivity contribution in [1.82, 2.24) is 4.90 Å². The molecule has 0 unspecified atom stereocenters. The quantitative estimate of drug-likeness (QED) is 0.360. The molecule has 1 aliphatic heterocycles. The predicted molar refractivity (Wildman–Crippen MR) is 73.7 cm³/mol. The van der Waals surface area contributed by atoms with Gasteiger partial charge in [0.25, 0.3) is 16.9 Å². The number of amides is 3. The van der Waals surface area contributed by atoms with E-state index in [1.54, 1.807) is 0 Å². The number of benzene rings is 1. The minimum Gasteiger partial charge on any atom is -0.326 e. The normalized spacial score (nSPS) is 13.0. The molecule has 0 saturated heterocycles. The fraction of sp³-hybridized carbons (Fsp3) is 0.308. The van der Waals surface area contributed by atoms with E-state index in [0.29, 0.717) is 5.69 Å². The minimum absolute atomic E-state index is 0.0235. The molecule has 1 aromatic rings. The van der Waals surface area contributed by atoms with Gasteiger partial charge >= 0.3 is 0 Å². The summed E-state index contributed by atoms with van der Waals surface area (Å²) in [6, 6.07) is 4.43. The van der Waals surface area contributed by atoms with Crippen LogP contribution in [0.15, 0.2) is 18.2 Å². The number of anilines is 1. The van der Waals surface area contributed by atoms with Gasteiger partial charge in [0.05, 0.1) is 17.7 Å². The van der Waals surface area contributed by atoms with Crippen molar-refractivity contribution in [3.05, 3.63) is 39.4 Å². The number of rotatable bonds is 6. The molecule has 3 amide bonds. The lowest BCUT2D eigenvalue weighted by atomic mass is 10.1. The van der Waals surface area contributed by atoms with Crippen molar-refractivity contribution in [3.63, 3.8) is 0 Å². The Morgan fingerprint density at radius 2 is 2.00 bits per heavy atom. The van der Waals surface area contributed by atoms with Crippen molar-refractivity contribution in [2.24, 2.45) is 0 Å². The van der Waals surface area contributed by atoms with E-state index in [-0.39, 0.29) is 36.6 Å². The molecule has 0 fully saturated rings. The van der Waals surface area contributed by atoms with Gasteiger partial charge in [0.1, 0.15) is 0 Å². The molecule has 22 heavy (non-hydrogen) atoms. The van der Waals surface area contributed by atoms with Crippen LogP contribution in [-0.4, -0.2) is 40.9 Å². The summed E-state index contributed by atoms with van der Waals surface area (Å²) in [6.07, 6.45) is 0.158. The topological polar surface area (TPSA) is 119 Å². The SMILES string of the molecule is CC(=O)Nc1ccc2c(c1)C(=O)N(CCCO[N+](=O)[O-])C2=O. The zero-order valence-corrected chi connectivity index (χ0v) is 11.7. The van der Waals surface area contributed by atoms with Gasteiger partial charge in [-0.15, -0.1) is 10.1 Å². The van der Waals surface area contributed by atoms with Crippen molar-refractivity contribution >= 4 is 23.4 Å². The fourth-order valence-electron chi connectivity index (χ4n) is 2.14. The Morgan fingerprint density at radius 1 is 1.32 bits per heavy atom. The van der Waals surface area contributed by atoms with E-state index in [0.717, 1.165) is 4.90 Å². The second-order valence-electron chi connectivity index (χ2n) is 4.61. The average Bonchev–Trinajstić information content (AvgIpc) is 2.67. The molecule has 2 rings (SSSR count). The lowest BCUT2D eigenvalue weighted by Gasteiger charge is -2.12. The van der Waals surface area contributed by atoms with Crippen molar-refractivity contribution in [3.8, 4) is 0 Å². The van der Waals surface area contributed by atoms with Crippen molar-refractivity contribution in [1.29, 1.82) is 0 Å². The van der Waals surface area contributed by atoms with Crippen molar-refractivity contribution in [2.75, 3.05) is 18.5 Å². The zero-order valence-electron chi connectivity index (χ0n) is 11.7. The van der Waals surface area contributed by atoms with Crippen LogP contribution in [0.2, 0.25) is 0 Å². The molecule has 9 nitrogen and oxygen atoms in total. The first-order chi connectivity index (χ1) is 10.4. The van der Waals surface area contributed by atoms with Crippen LogP contribution in [0.3, 0.4) is 0 Å². The van der Waals surface area contributed by atoms with E-state index in [1.807, 2.05) is 0 Å². The van der Waals surface area contributed by atoms with Gasteiger partial charge in [-0.3, -0.25) is 19.3 Å². The van der Waals surface area contributed by atoms with E-state index in [1.165, 1.54) is 25.1 Å². The van der Waals surface area contributed by atoms with Crippen LogP contribution >= 0.6 is 0 Å². The first-order valence-electron chi connectivity index (χ1n) is 6.45. The Kier molecular flexibility index (Phi) is 4.35. The Labute approximate surface area is 124 Å². The molecule has 1 N–H and O–H groups in total. The van der Waals surface area contributed by atoms with E-state index in [2.05, 4.69) is 10.2 Å². The zero-order chi connectivity index (χ0) is 16.3. The van der Waals surface area contributed by atoms with Gasteiger partial charge in [-0.25, -0.2) is 0 Å². The number of fused-ring (bicyclic) bond motifs is 1. The summed E-state index contributed by atoms with van der Waals surface area (Å²) < 4.78 is 0. The van der Waals surface area contributed by atoms with Crippen LogP contribution in [-0.2, 0) is 9.63 Å². The Hall–Kier alpha value is -2.97. The molecule has 116 valence electrons. The number of carbonyl (C=O) groups excluding carboxylic acids is 3. The van der Waals surface area contributed by atoms with E-state index >= 15 is 0 Å². The Bertz CT molecular complexity index is 657. The number of carbonyl (C=O) groups is 3.